The Labute approximate surface area is 228 Å². The number of piperazine rings is 1. The van der Waals surface area contributed by atoms with Crippen molar-refractivity contribution < 1.29 is 19.0 Å². The third-order valence-corrected chi connectivity index (χ3v) is 7.95. The zero-order valence-electron chi connectivity index (χ0n) is 22.1. The SMILES string of the molecule is COC[C@]1(O)CCCC[C@H]1n1cnc(C(=O)N2CCNC[C@H]2Cc2ccc(C#N)cc2)c1-c1cccc(F)c1. The van der Waals surface area contributed by atoms with E-state index < -0.39 is 11.4 Å². The lowest BCUT2D eigenvalue weighted by Crippen LogP contribution is -2.54. The number of nitriles is 1. The molecule has 0 radical (unpaired) electrons. The lowest BCUT2D eigenvalue weighted by molar-refractivity contribution is -0.0893. The highest BCUT2D eigenvalue weighted by Crippen LogP contribution is 2.41. The number of rotatable bonds is 7. The smallest absolute Gasteiger partial charge is 0.275 e. The predicted octanol–water partition coefficient (Wildman–Crippen LogP) is 3.71. The van der Waals surface area contributed by atoms with Gasteiger partial charge in [-0.1, -0.05) is 37.1 Å². The van der Waals surface area contributed by atoms with E-state index in [0.29, 0.717) is 55.7 Å². The first-order valence-corrected chi connectivity index (χ1v) is 13.5. The van der Waals surface area contributed by atoms with E-state index in [9.17, 15) is 14.3 Å². The number of amides is 1. The van der Waals surface area contributed by atoms with E-state index in [0.717, 1.165) is 18.4 Å². The number of carbonyl (C=O) groups is 1. The molecule has 1 aliphatic carbocycles. The van der Waals surface area contributed by atoms with Crippen LogP contribution in [0.25, 0.3) is 11.3 Å². The molecule has 1 amide bonds. The Morgan fingerprint density at radius 3 is 2.85 bits per heavy atom. The summed E-state index contributed by atoms with van der Waals surface area (Å²) in [5.74, 6) is -0.630. The molecule has 3 atom stereocenters. The number of methoxy groups -OCH3 is 1. The van der Waals surface area contributed by atoms with Crippen molar-refractivity contribution in [1.29, 1.82) is 5.26 Å². The highest BCUT2D eigenvalue weighted by Gasteiger charge is 2.42. The summed E-state index contributed by atoms with van der Waals surface area (Å²) in [7, 11) is 1.57. The van der Waals surface area contributed by atoms with Crippen LogP contribution in [0.3, 0.4) is 0 Å². The van der Waals surface area contributed by atoms with Crippen molar-refractivity contribution in [3.63, 3.8) is 0 Å². The van der Waals surface area contributed by atoms with E-state index in [-0.39, 0.29) is 30.3 Å². The van der Waals surface area contributed by atoms with Gasteiger partial charge < -0.3 is 24.6 Å². The van der Waals surface area contributed by atoms with Crippen molar-refractivity contribution in [2.45, 2.75) is 49.8 Å². The quantitative estimate of drug-likeness (QED) is 0.482. The third kappa shape index (κ3) is 5.59. The summed E-state index contributed by atoms with van der Waals surface area (Å²) in [4.78, 5) is 20.6. The molecule has 2 N–H and O–H groups in total. The lowest BCUT2D eigenvalue weighted by Gasteiger charge is -2.41. The molecule has 0 unspecified atom stereocenters. The predicted molar refractivity (Wildman–Crippen MR) is 145 cm³/mol. The van der Waals surface area contributed by atoms with Crippen LogP contribution in [0.5, 0.6) is 0 Å². The van der Waals surface area contributed by atoms with Gasteiger partial charge in [-0.3, -0.25) is 4.79 Å². The lowest BCUT2D eigenvalue weighted by atomic mass is 9.80. The molecular weight excluding hydrogens is 497 g/mol. The molecule has 2 aliphatic rings. The van der Waals surface area contributed by atoms with Gasteiger partial charge in [0.1, 0.15) is 11.4 Å². The fourth-order valence-electron chi connectivity index (χ4n) is 6.03. The fraction of sp³-hybridized carbons (Fsp3) is 0.433. The fourth-order valence-corrected chi connectivity index (χ4v) is 6.03. The molecule has 2 fully saturated rings. The number of hydrogen-bond donors (Lipinski definition) is 2. The number of aromatic nitrogens is 2. The molecule has 5 rings (SSSR count). The number of ether oxygens (including phenoxy) is 1. The van der Waals surface area contributed by atoms with E-state index in [4.69, 9.17) is 10.00 Å². The number of nitrogens with zero attached hydrogens (tertiary/aromatic N) is 4. The van der Waals surface area contributed by atoms with E-state index >= 15 is 0 Å². The van der Waals surface area contributed by atoms with Gasteiger partial charge in [-0.15, -0.1) is 0 Å². The zero-order chi connectivity index (χ0) is 27.4. The Kier molecular flexibility index (Phi) is 8.07. The summed E-state index contributed by atoms with van der Waals surface area (Å²) < 4.78 is 21.7. The molecule has 1 saturated carbocycles. The van der Waals surface area contributed by atoms with Gasteiger partial charge in [-0.2, -0.15) is 5.26 Å². The third-order valence-electron chi connectivity index (χ3n) is 7.95. The van der Waals surface area contributed by atoms with Gasteiger partial charge >= 0.3 is 0 Å². The largest absolute Gasteiger partial charge is 0.385 e. The molecule has 2 heterocycles. The van der Waals surface area contributed by atoms with Gasteiger partial charge in [0, 0.05) is 38.3 Å². The van der Waals surface area contributed by atoms with E-state index in [1.807, 2.05) is 21.6 Å². The minimum absolute atomic E-state index is 0.121. The van der Waals surface area contributed by atoms with Crippen molar-refractivity contribution in [3.8, 4) is 17.3 Å². The monoisotopic (exact) mass is 531 g/mol. The molecule has 39 heavy (non-hydrogen) atoms. The zero-order valence-corrected chi connectivity index (χ0v) is 22.1. The Balaban J connectivity index is 1.53. The van der Waals surface area contributed by atoms with Gasteiger partial charge in [0.05, 0.1) is 36.3 Å². The van der Waals surface area contributed by atoms with Crippen LogP contribution < -0.4 is 5.32 Å². The number of aliphatic hydroxyl groups is 1. The minimum atomic E-state index is -1.12. The second-order valence-corrected chi connectivity index (χ2v) is 10.5. The summed E-state index contributed by atoms with van der Waals surface area (Å²) >= 11 is 0. The molecule has 8 nitrogen and oxygen atoms in total. The number of carbonyl (C=O) groups excluding carboxylic acids is 1. The van der Waals surface area contributed by atoms with Gasteiger partial charge in [0.2, 0.25) is 0 Å². The number of halogens is 1. The van der Waals surface area contributed by atoms with Crippen molar-refractivity contribution in [3.05, 3.63) is 77.5 Å². The average molecular weight is 532 g/mol. The average Bonchev–Trinajstić information content (AvgIpc) is 3.38. The molecule has 1 aliphatic heterocycles. The van der Waals surface area contributed by atoms with Gasteiger partial charge in [0.25, 0.3) is 5.91 Å². The molecule has 9 heteroatoms. The van der Waals surface area contributed by atoms with Crippen molar-refractivity contribution in [2.24, 2.45) is 0 Å². The summed E-state index contributed by atoms with van der Waals surface area (Å²) in [5.41, 5.74) is 1.80. The van der Waals surface area contributed by atoms with Crippen LogP contribution in [0.15, 0.2) is 54.9 Å². The van der Waals surface area contributed by atoms with Gasteiger partial charge in [0.15, 0.2) is 5.69 Å². The molecule has 0 spiro atoms. The Morgan fingerprint density at radius 1 is 1.28 bits per heavy atom. The van der Waals surface area contributed by atoms with Crippen LogP contribution in [0.2, 0.25) is 0 Å². The Morgan fingerprint density at radius 2 is 2.10 bits per heavy atom. The number of benzene rings is 2. The highest BCUT2D eigenvalue weighted by molar-refractivity contribution is 5.98. The normalized spacial score (nSPS) is 23.4. The van der Waals surface area contributed by atoms with E-state index in [1.165, 1.54) is 12.1 Å². The standard InChI is InChI=1S/C30H34FN5O3/c1-39-19-30(38)12-3-2-7-26(30)36-20-34-27(28(36)23-5-4-6-24(31)16-23)29(37)35-14-13-33-18-25(35)15-21-8-10-22(17-32)11-9-21/h4-6,8-11,16,20,25-26,33,38H,2-3,7,12-15,18-19H2,1H3/t25-,26-,30-/m1/s1. The first kappa shape index (κ1) is 27.0. The summed E-state index contributed by atoms with van der Waals surface area (Å²) in [6.07, 6.45) is 5.30. The van der Waals surface area contributed by atoms with Crippen molar-refractivity contribution in [1.82, 2.24) is 19.8 Å². The van der Waals surface area contributed by atoms with Crippen molar-refractivity contribution in [2.75, 3.05) is 33.4 Å². The number of imidazole rings is 1. The summed E-state index contributed by atoms with van der Waals surface area (Å²) in [5, 5.41) is 24.1. The first-order chi connectivity index (χ1) is 18.9. The van der Waals surface area contributed by atoms with Crippen LogP contribution in [0, 0.1) is 17.1 Å². The van der Waals surface area contributed by atoms with Crippen LogP contribution in [0.1, 0.15) is 53.3 Å². The van der Waals surface area contributed by atoms with Crippen LogP contribution >= 0.6 is 0 Å². The maximum atomic E-state index is 14.4. The van der Waals surface area contributed by atoms with Crippen LogP contribution in [-0.2, 0) is 11.2 Å². The second kappa shape index (κ2) is 11.7. The molecule has 204 valence electrons. The summed E-state index contributed by atoms with van der Waals surface area (Å²) in [6.45, 7) is 1.94. The molecule has 1 aromatic heterocycles. The molecule has 2 aromatic carbocycles. The number of nitrogens with one attached hydrogen (secondary N) is 1. The Hall–Kier alpha value is -3.58. The first-order valence-electron chi connectivity index (χ1n) is 13.5. The molecule has 1 saturated heterocycles. The molecule has 0 bridgehead atoms. The highest BCUT2D eigenvalue weighted by atomic mass is 19.1. The van der Waals surface area contributed by atoms with E-state index in [2.05, 4.69) is 16.4 Å². The van der Waals surface area contributed by atoms with Crippen molar-refractivity contribution >= 4 is 5.91 Å². The number of hydrogen-bond acceptors (Lipinski definition) is 6. The maximum Gasteiger partial charge on any atom is 0.275 e. The molecular formula is C30H34FN5O3. The summed E-state index contributed by atoms with van der Waals surface area (Å²) in [6, 6.07) is 15.2. The molecule has 3 aromatic rings. The van der Waals surface area contributed by atoms with Crippen LogP contribution in [-0.4, -0.2) is 70.5 Å². The van der Waals surface area contributed by atoms with E-state index in [1.54, 1.807) is 37.7 Å². The topological polar surface area (TPSA) is 103 Å². The Bertz CT molecular complexity index is 1350. The maximum absolute atomic E-state index is 14.4. The second-order valence-electron chi connectivity index (χ2n) is 10.5. The van der Waals surface area contributed by atoms with Gasteiger partial charge in [-0.05, 0) is 49.1 Å². The van der Waals surface area contributed by atoms with Crippen LogP contribution in [0.4, 0.5) is 4.39 Å². The minimum Gasteiger partial charge on any atom is -0.385 e. The van der Waals surface area contributed by atoms with Gasteiger partial charge in [-0.25, -0.2) is 9.37 Å².